The van der Waals surface area contributed by atoms with Crippen molar-refractivity contribution in [2.75, 3.05) is 6.61 Å². The summed E-state index contributed by atoms with van der Waals surface area (Å²) in [6.45, 7) is 5.23. The van der Waals surface area contributed by atoms with E-state index in [4.69, 9.17) is 10.5 Å². The van der Waals surface area contributed by atoms with Crippen molar-refractivity contribution in [3.63, 3.8) is 0 Å². The maximum atomic E-state index is 6.32. The Labute approximate surface area is 104 Å². The van der Waals surface area contributed by atoms with Crippen molar-refractivity contribution in [1.29, 1.82) is 0 Å². The highest BCUT2D eigenvalue weighted by Gasteiger charge is 2.18. The molecule has 0 spiro atoms. The smallest absolute Gasteiger partial charge is 0.0576 e. The minimum Gasteiger partial charge on any atom is -0.378 e. The SMILES string of the molecule is Cc1cccc(C)c1C(N)CCC1CCCO1. The Kier molecular flexibility index (Phi) is 4.19. The summed E-state index contributed by atoms with van der Waals surface area (Å²) < 4.78 is 5.64. The van der Waals surface area contributed by atoms with Gasteiger partial charge in [-0.3, -0.25) is 0 Å². The molecule has 0 aliphatic carbocycles. The first kappa shape index (κ1) is 12.6. The fourth-order valence-electron chi connectivity index (χ4n) is 2.79. The summed E-state index contributed by atoms with van der Waals surface area (Å²) in [7, 11) is 0. The fourth-order valence-corrected chi connectivity index (χ4v) is 2.79. The van der Waals surface area contributed by atoms with E-state index in [9.17, 15) is 0 Å². The first-order valence-electron chi connectivity index (χ1n) is 6.62. The van der Waals surface area contributed by atoms with Crippen molar-refractivity contribution in [3.05, 3.63) is 34.9 Å². The second kappa shape index (κ2) is 5.65. The van der Waals surface area contributed by atoms with Gasteiger partial charge >= 0.3 is 0 Å². The molecule has 1 saturated heterocycles. The molecule has 1 heterocycles. The lowest BCUT2D eigenvalue weighted by Crippen LogP contribution is -2.16. The van der Waals surface area contributed by atoms with Crippen molar-refractivity contribution in [3.8, 4) is 0 Å². The number of rotatable bonds is 4. The van der Waals surface area contributed by atoms with Crippen molar-refractivity contribution in [2.45, 2.75) is 51.7 Å². The average molecular weight is 233 g/mol. The highest BCUT2D eigenvalue weighted by Crippen LogP contribution is 2.26. The Balaban J connectivity index is 1.96. The molecule has 1 aliphatic heterocycles. The molecule has 17 heavy (non-hydrogen) atoms. The second-order valence-corrected chi connectivity index (χ2v) is 5.12. The summed E-state index contributed by atoms with van der Waals surface area (Å²) in [6.07, 6.45) is 4.99. The highest BCUT2D eigenvalue weighted by molar-refractivity contribution is 5.35. The quantitative estimate of drug-likeness (QED) is 0.866. The first-order chi connectivity index (χ1) is 8.18. The molecule has 2 atom stereocenters. The van der Waals surface area contributed by atoms with Gasteiger partial charge in [0, 0.05) is 12.6 Å². The van der Waals surface area contributed by atoms with Crippen LogP contribution in [0.3, 0.4) is 0 Å². The van der Waals surface area contributed by atoms with Gasteiger partial charge < -0.3 is 10.5 Å². The third kappa shape index (κ3) is 3.08. The van der Waals surface area contributed by atoms with E-state index in [0.717, 1.165) is 19.4 Å². The molecule has 94 valence electrons. The molecule has 2 rings (SSSR count). The average Bonchev–Trinajstić information content (AvgIpc) is 2.79. The number of ether oxygens (including phenoxy) is 1. The van der Waals surface area contributed by atoms with Crippen LogP contribution in [-0.4, -0.2) is 12.7 Å². The summed E-state index contributed by atoms with van der Waals surface area (Å²) in [5.74, 6) is 0. The highest BCUT2D eigenvalue weighted by atomic mass is 16.5. The predicted molar refractivity (Wildman–Crippen MR) is 71.1 cm³/mol. The van der Waals surface area contributed by atoms with Gasteiger partial charge in [-0.1, -0.05) is 18.2 Å². The van der Waals surface area contributed by atoms with E-state index >= 15 is 0 Å². The number of hydrogen-bond acceptors (Lipinski definition) is 2. The summed E-state index contributed by atoms with van der Waals surface area (Å²) in [6, 6.07) is 6.55. The lowest BCUT2D eigenvalue weighted by atomic mass is 9.93. The van der Waals surface area contributed by atoms with E-state index in [-0.39, 0.29) is 6.04 Å². The van der Waals surface area contributed by atoms with Crippen LogP contribution in [-0.2, 0) is 4.74 Å². The number of hydrogen-bond donors (Lipinski definition) is 1. The Hall–Kier alpha value is -0.860. The zero-order chi connectivity index (χ0) is 12.3. The predicted octanol–water partition coefficient (Wildman–Crippen LogP) is 3.26. The van der Waals surface area contributed by atoms with E-state index in [2.05, 4.69) is 32.0 Å². The minimum absolute atomic E-state index is 0.153. The first-order valence-corrected chi connectivity index (χ1v) is 6.62. The summed E-state index contributed by atoms with van der Waals surface area (Å²) in [4.78, 5) is 0. The molecule has 0 radical (unpaired) electrons. The van der Waals surface area contributed by atoms with Gasteiger partial charge in [0.2, 0.25) is 0 Å². The fraction of sp³-hybridized carbons (Fsp3) is 0.600. The molecule has 0 amide bonds. The van der Waals surface area contributed by atoms with Crippen LogP contribution in [0, 0.1) is 13.8 Å². The van der Waals surface area contributed by atoms with E-state index < -0.39 is 0 Å². The molecule has 1 fully saturated rings. The second-order valence-electron chi connectivity index (χ2n) is 5.12. The van der Waals surface area contributed by atoms with Crippen molar-refractivity contribution in [1.82, 2.24) is 0 Å². The molecule has 0 bridgehead atoms. The van der Waals surface area contributed by atoms with E-state index in [1.807, 2.05) is 0 Å². The van der Waals surface area contributed by atoms with Gasteiger partial charge in [0.1, 0.15) is 0 Å². The molecule has 2 nitrogen and oxygen atoms in total. The van der Waals surface area contributed by atoms with Crippen molar-refractivity contribution in [2.24, 2.45) is 5.73 Å². The maximum Gasteiger partial charge on any atom is 0.0576 e. The van der Waals surface area contributed by atoms with Crippen molar-refractivity contribution < 1.29 is 4.74 Å². The molecule has 2 heteroatoms. The molecule has 1 aromatic carbocycles. The summed E-state index contributed by atoms with van der Waals surface area (Å²) >= 11 is 0. The largest absolute Gasteiger partial charge is 0.378 e. The third-order valence-electron chi connectivity index (χ3n) is 3.74. The standard InChI is InChI=1S/C15H23NO/c1-11-5-3-6-12(2)15(11)14(16)9-8-13-7-4-10-17-13/h3,5-6,13-14H,4,7-10,16H2,1-2H3. The Morgan fingerprint density at radius 3 is 2.65 bits per heavy atom. The van der Waals surface area contributed by atoms with E-state index in [1.165, 1.54) is 29.5 Å². The summed E-state index contributed by atoms with van der Waals surface area (Å²) in [5.41, 5.74) is 10.3. The van der Waals surface area contributed by atoms with Gasteiger partial charge in [-0.15, -0.1) is 0 Å². The third-order valence-corrected chi connectivity index (χ3v) is 3.74. The van der Waals surface area contributed by atoms with Crippen LogP contribution in [0.4, 0.5) is 0 Å². The van der Waals surface area contributed by atoms with Gasteiger partial charge in [-0.2, -0.15) is 0 Å². The molecule has 1 aliphatic rings. The normalized spacial score (nSPS) is 21.7. The molecule has 0 aromatic heterocycles. The lowest BCUT2D eigenvalue weighted by Gasteiger charge is -2.19. The van der Waals surface area contributed by atoms with E-state index in [1.54, 1.807) is 0 Å². The lowest BCUT2D eigenvalue weighted by molar-refractivity contribution is 0.101. The zero-order valence-electron chi connectivity index (χ0n) is 10.9. The Morgan fingerprint density at radius 2 is 2.06 bits per heavy atom. The molecule has 2 unspecified atom stereocenters. The topological polar surface area (TPSA) is 35.2 Å². The molecular formula is C15H23NO. The van der Waals surface area contributed by atoms with Crippen molar-refractivity contribution >= 4 is 0 Å². The van der Waals surface area contributed by atoms with Crippen LogP contribution in [0.1, 0.15) is 48.4 Å². The van der Waals surface area contributed by atoms with Gasteiger partial charge in [-0.05, 0) is 56.2 Å². The Morgan fingerprint density at radius 1 is 1.35 bits per heavy atom. The van der Waals surface area contributed by atoms with Gasteiger partial charge in [0.15, 0.2) is 0 Å². The molecule has 0 saturated carbocycles. The van der Waals surface area contributed by atoms with Gasteiger partial charge in [0.05, 0.1) is 6.10 Å². The van der Waals surface area contributed by atoms with E-state index in [0.29, 0.717) is 6.10 Å². The Bertz CT molecular complexity index is 349. The van der Waals surface area contributed by atoms with Crippen LogP contribution in [0.15, 0.2) is 18.2 Å². The zero-order valence-corrected chi connectivity index (χ0v) is 10.9. The van der Waals surface area contributed by atoms with Crippen LogP contribution in [0.5, 0.6) is 0 Å². The maximum absolute atomic E-state index is 6.32. The van der Waals surface area contributed by atoms with Crippen LogP contribution >= 0.6 is 0 Å². The van der Waals surface area contributed by atoms with Crippen LogP contribution in [0.25, 0.3) is 0 Å². The molecular weight excluding hydrogens is 210 g/mol. The minimum atomic E-state index is 0.153. The number of nitrogens with two attached hydrogens (primary N) is 1. The number of benzene rings is 1. The monoisotopic (exact) mass is 233 g/mol. The van der Waals surface area contributed by atoms with Crippen LogP contribution in [0.2, 0.25) is 0 Å². The number of aryl methyl sites for hydroxylation is 2. The van der Waals surface area contributed by atoms with Gasteiger partial charge in [0.25, 0.3) is 0 Å². The molecule has 2 N–H and O–H groups in total. The van der Waals surface area contributed by atoms with Crippen LogP contribution < -0.4 is 5.73 Å². The van der Waals surface area contributed by atoms with Gasteiger partial charge in [-0.25, -0.2) is 0 Å². The summed E-state index contributed by atoms with van der Waals surface area (Å²) in [5, 5.41) is 0. The molecule has 1 aromatic rings.